The number of halogens is 1. The van der Waals surface area contributed by atoms with E-state index in [0.717, 1.165) is 0 Å². The topological polar surface area (TPSA) is 64.7 Å². The molecule has 2 aromatic rings. The number of benzene rings is 2. The van der Waals surface area contributed by atoms with E-state index in [1.165, 1.54) is 18.3 Å². The molecule has 0 atom stereocenters. The van der Waals surface area contributed by atoms with Crippen molar-refractivity contribution >= 4 is 29.2 Å². The number of hydrogen-bond donors (Lipinski definition) is 0. The highest BCUT2D eigenvalue weighted by molar-refractivity contribution is 6.32. The van der Waals surface area contributed by atoms with Crippen LogP contribution in [0, 0.1) is 10.1 Å². The number of nitro benzene ring substituents is 1. The SMILES string of the molecule is COc1ccccc1N=Cc1ccc(Cl)c([N+](=O)[O-])c1. The first kappa shape index (κ1) is 14.0. The van der Waals surface area contributed by atoms with Gasteiger partial charge in [0.1, 0.15) is 16.5 Å². The number of hydrogen-bond acceptors (Lipinski definition) is 4. The zero-order valence-corrected chi connectivity index (χ0v) is 11.4. The fourth-order valence-electron chi connectivity index (χ4n) is 1.63. The van der Waals surface area contributed by atoms with Crippen molar-refractivity contribution in [3.63, 3.8) is 0 Å². The molecule has 0 N–H and O–H groups in total. The van der Waals surface area contributed by atoms with E-state index in [1.807, 2.05) is 12.1 Å². The van der Waals surface area contributed by atoms with Crippen LogP contribution in [0.2, 0.25) is 5.02 Å². The summed E-state index contributed by atoms with van der Waals surface area (Å²) in [5, 5.41) is 10.9. The number of ether oxygens (including phenoxy) is 1. The van der Waals surface area contributed by atoms with E-state index in [2.05, 4.69) is 4.99 Å². The predicted molar refractivity (Wildman–Crippen MR) is 78.4 cm³/mol. The molecule has 102 valence electrons. The van der Waals surface area contributed by atoms with Gasteiger partial charge in [0.2, 0.25) is 0 Å². The smallest absolute Gasteiger partial charge is 0.288 e. The lowest BCUT2D eigenvalue weighted by Crippen LogP contribution is -1.91. The Morgan fingerprint density at radius 3 is 2.75 bits per heavy atom. The zero-order valence-electron chi connectivity index (χ0n) is 10.6. The van der Waals surface area contributed by atoms with Crippen LogP contribution in [0.25, 0.3) is 0 Å². The maximum absolute atomic E-state index is 10.8. The predicted octanol–water partition coefficient (Wildman–Crippen LogP) is 4.01. The summed E-state index contributed by atoms with van der Waals surface area (Å²) in [6.45, 7) is 0. The standard InChI is InChI=1S/C14H11ClN2O3/c1-20-14-5-3-2-4-12(14)16-9-10-6-7-11(15)13(8-10)17(18)19/h2-9H,1H3. The van der Waals surface area contributed by atoms with Crippen molar-refractivity contribution in [2.75, 3.05) is 7.11 Å². The van der Waals surface area contributed by atoms with Crippen molar-refractivity contribution in [3.8, 4) is 5.75 Å². The van der Waals surface area contributed by atoms with E-state index in [4.69, 9.17) is 16.3 Å². The summed E-state index contributed by atoms with van der Waals surface area (Å²) >= 11 is 5.75. The largest absolute Gasteiger partial charge is 0.494 e. The quantitative estimate of drug-likeness (QED) is 0.485. The first-order valence-corrected chi connectivity index (χ1v) is 6.10. The average Bonchev–Trinajstić information content (AvgIpc) is 2.46. The molecule has 0 saturated carbocycles. The van der Waals surface area contributed by atoms with E-state index < -0.39 is 4.92 Å². The maximum atomic E-state index is 10.8. The number of nitrogens with zero attached hydrogens (tertiary/aromatic N) is 2. The highest BCUT2D eigenvalue weighted by Gasteiger charge is 2.11. The molecule has 0 heterocycles. The average molecular weight is 291 g/mol. The molecule has 6 heteroatoms. The van der Waals surface area contributed by atoms with Crippen LogP contribution in [-0.2, 0) is 0 Å². The summed E-state index contributed by atoms with van der Waals surface area (Å²) in [5.74, 6) is 0.632. The minimum absolute atomic E-state index is 0.101. The molecule has 0 fully saturated rings. The second-order valence-corrected chi connectivity index (χ2v) is 4.31. The van der Waals surface area contributed by atoms with Crippen LogP contribution in [0.1, 0.15) is 5.56 Å². The Morgan fingerprint density at radius 2 is 2.05 bits per heavy atom. The minimum atomic E-state index is -0.525. The molecule has 0 aliphatic rings. The van der Waals surface area contributed by atoms with Crippen LogP contribution in [0.4, 0.5) is 11.4 Å². The van der Waals surface area contributed by atoms with Crippen LogP contribution < -0.4 is 4.74 Å². The second kappa shape index (κ2) is 6.16. The summed E-state index contributed by atoms with van der Waals surface area (Å²) in [5.41, 5.74) is 1.09. The van der Waals surface area contributed by atoms with Gasteiger partial charge in [-0.1, -0.05) is 29.8 Å². The molecular formula is C14H11ClN2O3. The van der Waals surface area contributed by atoms with Crippen LogP contribution in [0.5, 0.6) is 5.75 Å². The van der Waals surface area contributed by atoms with E-state index in [9.17, 15) is 10.1 Å². The Bertz CT molecular complexity index is 671. The summed E-state index contributed by atoms with van der Waals surface area (Å²) in [6, 6.07) is 11.8. The van der Waals surface area contributed by atoms with Crippen molar-refractivity contribution in [3.05, 3.63) is 63.2 Å². The van der Waals surface area contributed by atoms with Gasteiger partial charge in [0.15, 0.2) is 0 Å². The van der Waals surface area contributed by atoms with Gasteiger partial charge >= 0.3 is 0 Å². The highest BCUT2D eigenvalue weighted by atomic mass is 35.5. The van der Waals surface area contributed by atoms with E-state index in [1.54, 1.807) is 25.3 Å². The lowest BCUT2D eigenvalue weighted by atomic mass is 10.2. The van der Waals surface area contributed by atoms with Crippen LogP contribution in [0.3, 0.4) is 0 Å². The molecule has 0 amide bonds. The van der Waals surface area contributed by atoms with Gasteiger partial charge in [0.25, 0.3) is 5.69 Å². The van der Waals surface area contributed by atoms with E-state index in [0.29, 0.717) is 17.0 Å². The van der Waals surface area contributed by atoms with Gasteiger partial charge in [0.05, 0.1) is 12.0 Å². The van der Waals surface area contributed by atoms with Crippen LogP contribution >= 0.6 is 11.6 Å². The summed E-state index contributed by atoms with van der Waals surface area (Å²) in [6.07, 6.45) is 1.53. The fourth-order valence-corrected chi connectivity index (χ4v) is 1.82. The molecule has 0 spiro atoms. The molecular weight excluding hydrogens is 280 g/mol. The Hall–Kier alpha value is -2.40. The van der Waals surface area contributed by atoms with Crippen molar-refractivity contribution in [2.24, 2.45) is 4.99 Å². The van der Waals surface area contributed by atoms with Gasteiger partial charge in [-0.25, -0.2) is 0 Å². The third-order valence-electron chi connectivity index (χ3n) is 2.60. The number of rotatable bonds is 4. The lowest BCUT2D eigenvalue weighted by Gasteiger charge is -2.02. The third-order valence-corrected chi connectivity index (χ3v) is 2.92. The first-order chi connectivity index (χ1) is 9.61. The molecule has 0 saturated heterocycles. The minimum Gasteiger partial charge on any atom is -0.494 e. The Kier molecular flexibility index (Phi) is 4.32. The third kappa shape index (κ3) is 3.13. The molecule has 0 aromatic heterocycles. The molecule has 2 rings (SSSR count). The first-order valence-electron chi connectivity index (χ1n) is 5.73. The Morgan fingerprint density at radius 1 is 1.30 bits per heavy atom. The molecule has 5 nitrogen and oxygen atoms in total. The molecule has 0 radical (unpaired) electrons. The van der Waals surface area contributed by atoms with E-state index >= 15 is 0 Å². The molecule has 0 bridgehead atoms. The molecule has 2 aromatic carbocycles. The van der Waals surface area contributed by atoms with Gasteiger partial charge in [-0.3, -0.25) is 15.1 Å². The Labute approximate surface area is 120 Å². The van der Waals surface area contributed by atoms with Crippen LogP contribution in [-0.4, -0.2) is 18.2 Å². The second-order valence-electron chi connectivity index (χ2n) is 3.90. The normalized spacial score (nSPS) is 10.7. The summed E-state index contributed by atoms with van der Waals surface area (Å²) in [7, 11) is 1.56. The molecule has 20 heavy (non-hydrogen) atoms. The van der Waals surface area contributed by atoms with Gasteiger partial charge in [-0.15, -0.1) is 0 Å². The van der Waals surface area contributed by atoms with Crippen molar-refractivity contribution in [1.29, 1.82) is 0 Å². The molecule has 0 aliphatic heterocycles. The number of aliphatic imine (C=N–C) groups is 1. The zero-order chi connectivity index (χ0) is 14.5. The van der Waals surface area contributed by atoms with Crippen molar-refractivity contribution in [2.45, 2.75) is 0 Å². The van der Waals surface area contributed by atoms with Gasteiger partial charge in [-0.2, -0.15) is 0 Å². The Balaban J connectivity index is 2.32. The van der Waals surface area contributed by atoms with Crippen LogP contribution in [0.15, 0.2) is 47.5 Å². The maximum Gasteiger partial charge on any atom is 0.288 e. The number of nitro groups is 1. The highest BCUT2D eigenvalue weighted by Crippen LogP contribution is 2.27. The van der Waals surface area contributed by atoms with Crippen molar-refractivity contribution < 1.29 is 9.66 Å². The van der Waals surface area contributed by atoms with Gasteiger partial charge in [-0.05, 0) is 23.8 Å². The monoisotopic (exact) mass is 290 g/mol. The summed E-state index contributed by atoms with van der Waals surface area (Å²) < 4.78 is 5.17. The number of methoxy groups -OCH3 is 1. The van der Waals surface area contributed by atoms with E-state index in [-0.39, 0.29) is 10.7 Å². The number of para-hydroxylation sites is 2. The van der Waals surface area contributed by atoms with Crippen molar-refractivity contribution in [1.82, 2.24) is 0 Å². The lowest BCUT2D eigenvalue weighted by molar-refractivity contribution is -0.384. The fraction of sp³-hybridized carbons (Fsp3) is 0.0714. The van der Waals surface area contributed by atoms with Gasteiger partial charge < -0.3 is 4.74 Å². The molecule has 0 unspecified atom stereocenters. The molecule has 0 aliphatic carbocycles. The summed E-state index contributed by atoms with van der Waals surface area (Å²) in [4.78, 5) is 14.5. The van der Waals surface area contributed by atoms with Gasteiger partial charge in [0, 0.05) is 12.3 Å².